The van der Waals surface area contributed by atoms with E-state index in [4.69, 9.17) is 0 Å². The first-order chi connectivity index (χ1) is 8.86. The first-order valence-electron chi connectivity index (χ1n) is 6.50. The molecule has 1 aliphatic rings. The first-order valence-corrected chi connectivity index (χ1v) is 6.50. The van der Waals surface area contributed by atoms with Gasteiger partial charge in [-0.05, 0) is 25.5 Å². The van der Waals surface area contributed by atoms with Gasteiger partial charge in [0.2, 0.25) is 0 Å². The molecule has 0 aromatic heterocycles. The van der Waals surface area contributed by atoms with E-state index in [2.05, 4.69) is 24.1 Å². The van der Waals surface area contributed by atoms with E-state index in [1.54, 1.807) is 6.07 Å². The summed E-state index contributed by atoms with van der Waals surface area (Å²) in [5.41, 5.74) is 0.150. The van der Waals surface area contributed by atoms with Crippen LogP contribution in [0.5, 0.6) is 0 Å². The number of rotatable bonds is 2. The van der Waals surface area contributed by atoms with Gasteiger partial charge < -0.3 is 5.32 Å². The van der Waals surface area contributed by atoms with Crippen LogP contribution in [0.25, 0.3) is 0 Å². The molecule has 1 aromatic rings. The van der Waals surface area contributed by atoms with Gasteiger partial charge >= 0.3 is 6.18 Å². The molecule has 0 bridgehead atoms. The summed E-state index contributed by atoms with van der Waals surface area (Å²) in [6.45, 7) is 6.48. The van der Waals surface area contributed by atoms with Gasteiger partial charge in [-0.25, -0.2) is 0 Å². The number of nitrogens with one attached hydrogen (secondary N) is 1. The third-order valence-corrected chi connectivity index (χ3v) is 3.53. The molecule has 0 radical (unpaired) electrons. The lowest BCUT2D eigenvalue weighted by Gasteiger charge is -2.37. The Hall–Kier alpha value is -1.07. The molecule has 1 N–H and O–H groups in total. The zero-order chi connectivity index (χ0) is 14.0. The Kier molecular flexibility index (Phi) is 4.16. The minimum absolute atomic E-state index is 0.339. The minimum atomic E-state index is -4.27. The van der Waals surface area contributed by atoms with Crippen molar-refractivity contribution < 1.29 is 13.2 Å². The van der Waals surface area contributed by atoms with Gasteiger partial charge in [-0.1, -0.05) is 18.2 Å². The highest BCUT2D eigenvalue weighted by Crippen LogP contribution is 2.29. The molecule has 2 atom stereocenters. The number of hydrogen-bond donors (Lipinski definition) is 1. The molecule has 2 nitrogen and oxygen atoms in total. The normalized spacial score (nSPS) is 25.5. The van der Waals surface area contributed by atoms with Crippen LogP contribution in [0.3, 0.4) is 0 Å². The second-order valence-corrected chi connectivity index (χ2v) is 5.29. The SMILES string of the molecule is CC1CN(Cc2cccc(C(F)(F)F)c2)C(C)CN1. The number of halogens is 3. The van der Waals surface area contributed by atoms with Crippen molar-refractivity contribution in [1.82, 2.24) is 10.2 Å². The van der Waals surface area contributed by atoms with Crippen LogP contribution in [0, 0.1) is 0 Å². The fourth-order valence-electron chi connectivity index (χ4n) is 2.40. The zero-order valence-electron chi connectivity index (χ0n) is 11.2. The third-order valence-electron chi connectivity index (χ3n) is 3.53. The standard InChI is InChI=1S/C14H19F3N2/c1-10-8-19(11(2)7-18-10)9-12-4-3-5-13(6-12)14(15,16)17/h3-6,10-11,18H,7-9H2,1-2H3. The monoisotopic (exact) mass is 272 g/mol. The van der Waals surface area contributed by atoms with Crippen molar-refractivity contribution in [2.45, 2.75) is 38.7 Å². The molecule has 0 amide bonds. The molecule has 5 heteroatoms. The molecule has 106 valence electrons. The lowest BCUT2D eigenvalue weighted by Crippen LogP contribution is -2.53. The van der Waals surface area contributed by atoms with Crippen molar-refractivity contribution in [3.63, 3.8) is 0 Å². The van der Waals surface area contributed by atoms with Crippen LogP contribution >= 0.6 is 0 Å². The van der Waals surface area contributed by atoms with Gasteiger partial charge in [0, 0.05) is 31.7 Å². The first kappa shape index (κ1) is 14.3. The zero-order valence-corrected chi connectivity index (χ0v) is 11.2. The maximum atomic E-state index is 12.7. The molecule has 19 heavy (non-hydrogen) atoms. The summed E-state index contributed by atoms with van der Waals surface area (Å²) < 4.78 is 38.0. The highest BCUT2D eigenvalue weighted by molar-refractivity contribution is 5.25. The van der Waals surface area contributed by atoms with Crippen molar-refractivity contribution >= 4 is 0 Å². The van der Waals surface area contributed by atoms with Crippen molar-refractivity contribution in [3.05, 3.63) is 35.4 Å². The Morgan fingerprint density at radius 2 is 2.05 bits per heavy atom. The Morgan fingerprint density at radius 1 is 1.32 bits per heavy atom. The Morgan fingerprint density at radius 3 is 2.74 bits per heavy atom. The number of nitrogens with zero attached hydrogens (tertiary/aromatic N) is 1. The molecule has 1 fully saturated rings. The summed E-state index contributed by atoms with van der Waals surface area (Å²) in [6, 6.07) is 6.32. The summed E-state index contributed by atoms with van der Waals surface area (Å²) >= 11 is 0. The second-order valence-electron chi connectivity index (χ2n) is 5.29. The Labute approximate surface area is 111 Å². The van der Waals surface area contributed by atoms with Crippen LogP contribution in [-0.4, -0.2) is 30.1 Å². The van der Waals surface area contributed by atoms with E-state index in [1.165, 1.54) is 12.1 Å². The predicted octanol–water partition coefficient (Wildman–Crippen LogP) is 2.89. The fourth-order valence-corrected chi connectivity index (χ4v) is 2.40. The van der Waals surface area contributed by atoms with Crippen molar-refractivity contribution in [3.8, 4) is 0 Å². The maximum absolute atomic E-state index is 12.7. The molecule has 0 spiro atoms. The van der Waals surface area contributed by atoms with E-state index < -0.39 is 11.7 Å². The van der Waals surface area contributed by atoms with Crippen LogP contribution in [0.15, 0.2) is 24.3 Å². The van der Waals surface area contributed by atoms with Crippen LogP contribution in [-0.2, 0) is 12.7 Å². The summed E-state index contributed by atoms with van der Waals surface area (Å²) in [5.74, 6) is 0. The fraction of sp³-hybridized carbons (Fsp3) is 0.571. The van der Waals surface area contributed by atoms with Crippen molar-refractivity contribution in [2.24, 2.45) is 0 Å². The molecule has 1 heterocycles. The Bertz CT molecular complexity index is 431. The van der Waals surface area contributed by atoms with Gasteiger partial charge in [0.15, 0.2) is 0 Å². The van der Waals surface area contributed by atoms with E-state index in [1.807, 2.05) is 0 Å². The second kappa shape index (κ2) is 5.51. The molecule has 1 aliphatic heterocycles. The number of hydrogen-bond acceptors (Lipinski definition) is 2. The van der Waals surface area contributed by atoms with Gasteiger partial charge in [0.1, 0.15) is 0 Å². The van der Waals surface area contributed by atoms with E-state index in [9.17, 15) is 13.2 Å². The smallest absolute Gasteiger partial charge is 0.311 e. The van der Waals surface area contributed by atoms with Gasteiger partial charge in [-0.3, -0.25) is 4.90 Å². The Balaban J connectivity index is 2.10. The van der Waals surface area contributed by atoms with Crippen molar-refractivity contribution in [2.75, 3.05) is 13.1 Å². The number of benzene rings is 1. The van der Waals surface area contributed by atoms with Crippen molar-refractivity contribution in [1.29, 1.82) is 0 Å². The lowest BCUT2D eigenvalue weighted by molar-refractivity contribution is -0.137. The summed E-state index contributed by atoms with van der Waals surface area (Å²) in [5, 5.41) is 3.36. The van der Waals surface area contributed by atoms with Gasteiger partial charge in [-0.2, -0.15) is 13.2 Å². The quantitative estimate of drug-likeness (QED) is 0.890. The third kappa shape index (κ3) is 3.70. The molecular formula is C14H19F3N2. The molecule has 1 saturated heterocycles. The molecule has 0 aliphatic carbocycles. The van der Waals surface area contributed by atoms with E-state index in [0.29, 0.717) is 18.6 Å². The maximum Gasteiger partial charge on any atom is 0.416 e. The summed E-state index contributed by atoms with van der Waals surface area (Å²) in [6.07, 6.45) is -4.27. The van der Waals surface area contributed by atoms with Gasteiger partial charge in [0.25, 0.3) is 0 Å². The molecule has 2 unspecified atom stereocenters. The van der Waals surface area contributed by atoms with E-state index in [0.717, 1.165) is 24.7 Å². The van der Waals surface area contributed by atoms with Gasteiger partial charge in [-0.15, -0.1) is 0 Å². The highest BCUT2D eigenvalue weighted by atomic mass is 19.4. The van der Waals surface area contributed by atoms with E-state index >= 15 is 0 Å². The average molecular weight is 272 g/mol. The van der Waals surface area contributed by atoms with E-state index in [-0.39, 0.29) is 0 Å². The molecule has 0 saturated carbocycles. The van der Waals surface area contributed by atoms with Gasteiger partial charge in [0.05, 0.1) is 5.56 Å². The lowest BCUT2D eigenvalue weighted by atomic mass is 10.1. The minimum Gasteiger partial charge on any atom is -0.311 e. The number of alkyl halides is 3. The summed E-state index contributed by atoms with van der Waals surface area (Å²) in [7, 11) is 0. The average Bonchev–Trinajstić information content (AvgIpc) is 2.33. The topological polar surface area (TPSA) is 15.3 Å². The highest BCUT2D eigenvalue weighted by Gasteiger charge is 2.30. The molecular weight excluding hydrogens is 253 g/mol. The van der Waals surface area contributed by atoms with Crippen LogP contribution in [0.1, 0.15) is 25.0 Å². The van der Waals surface area contributed by atoms with Crippen LogP contribution in [0.2, 0.25) is 0 Å². The predicted molar refractivity (Wildman–Crippen MR) is 68.8 cm³/mol. The van der Waals surface area contributed by atoms with Crippen LogP contribution in [0.4, 0.5) is 13.2 Å². The number of piperazine rings is 1. The molecule has 2 rings (SSSR count). The summed E-state index contributed by atoms with van der Waals surface area (Å²) in [4.78, 5) is 2.22. The largest absolute Gasteiger partial charge is 0.416 e. The van der Waals surface area contributed by atoms with Crippen LogP contribution < -0.4 is 5.32 Å². The molecule has 1 aromatic carbocycles.